The molecule has 10 heteroatoms. The standard InChI is InChI=1S/C21H18N8OS/c1-13-7-6-8-14(2)18(13)29-17(25-26-27-29)12-31-21-23-19-16(20(30)24-21)11-22-28(19)15-9-4-3-5-10-15/h3-11H,12H2,1-2H3,(H,23,24,30). The van der Waals surface area contributed by atoms with Gasteiger partial charge in [0.05, 0.1) is 23.3 Å². The van der Waals surface area contributed by atoms with Crippen LogP contribution in [0.4, 0.5) is 0 Å². The first-order valence-electron chi connectivity index (χ1n) is 9.62. The van der Waals surface area contributed by atoms with Crippen LogP contribution in [0.2, 0.25) is 0 Å². The summed E-state index contributed by atoms with van der Waals surface area (Å²) < 4.78 is 3.40. The molecule has 0 saturated carbocycles. The van der Waals surface area contributed by atoms with Gasteiger partial charge in [-0.3, -0.25) is 4.79 Å². The Kier molecular flexibility index (Phi) is 4.83. The van der Waals surface area contributed by atoms with Gasteiger partial charge in [0.25, 0.3) is 5.56 Å². The van der Waals surface area contributed by atoms with E-state index in [2.05, 4.69) is 30.6 Å². The first kappa shape index (κ1) is 19.2. The van der Waals surface area contributed by atoms with E-state index in [4.69, 9.17) is 0 Å². The number of tetrazole rings is 1. The average molecular weight is 430 g/mol. The molecule has 0 saturated heterocycles. The highest BCUT2D eigenvalue weighted by Gasteiger charge is 2.15. The van der Waals surface area contributed by atoms with Crippen molar-refractivity contribution in [1.29, 1.82) is 0 Å². The van der Waals surface area contributed by atoms with Gasteiger partial charge in [0, 0.05) is 0 Å². The number of thioether (sulfide) groups is 1. The molecule has 3 aromatic heterocycles. The maximum Gasteiger partial charge on any atom is 0.262 e. The van der Waals surface area contributed by atoms with Gasteiger partial charge in [-0.2, -0.15) is 9.78 Å². The van der Waals surface area contributed by atoms with Crippen molar-refractivity contribution in [2.24, 2.45) is 0 Å². The third-order valence-corrected chi connectivity index (χ3v) is 5.81. The fourth-order valence-corrected chi connectivity index (χ4v) is 4.23. The van der Waals surface area contributed by atoms with E-state index in [0.29, 0.717) is 27.8 Å². The Morgan fingerprint density at radius 3 is 2.55 bits per heavy atom. The summed E-state index contributed by atoms with van der Waals surface area (Å²) in [4.78, 5) is 20.0. The molecule has 154 valence electrons. The number of hydrogen-bond acceptors (Lipinski definition) is 7. The second kappa shape index (κ2) is 7.80. The number of hydrogen-bond donors (Lipinski definition) is 1. The predicted molar refractivity (Wildman–Crippen MR) is 118 cm³/mol. The van der Waals surface area contributed by atoms with Crippen LogP contribution in [0.5, 0.6) is 0 Å². The molecule has 3 heterocycles. The van der Waals surface area contributed by atoms with Crippen molar-refractivity contribution in [3.05, 3.63) is 82.0 Å². The van der Waals surface area contributed by atoms with Crippen LogP contribution in [0, 0.1) is 13.8 Å². The van der Waals surface area contributed by atoms with Crippen molar-refractivity contribution in [3.8, 4) is 11.4 Å². The zero-order valence-corrected chi connectivity index (χ0v) is 17.7. The second-order valence-electron chi connectivity index (χ2n) is 7.04. The third kappa shape index (κ3) is 3.50. The summed E-state index contributed by atoms with van der Waals surface area (Å²) in [7, 11) is 0. The summed E-state index contributed by atoms with van der Waals surface area (Å²) in [5.74, 6) is 1.11. The van der Waals surface area contributed by atoms with Crippen LogP contribution < -0.4 is 5.56 Å². The van der Waals surface area contributed by atoms with E-state index in [1.807, 2.05) is 62.4 Å². The maximum absolute atomic E-state index is 12.6. The van der Waals surface area contributed by atoms with E-state index in [1.54, 1.807) is 9.36 Å². The minimum absolute atomic E-state index is 0.232. The lowest BCUT2D eigenvalue weighted by molar-refractivity contribution is 0.769. The highest BCUT2D eigenvalue weighted by atomic mass is 32.2. The van der Waals surface area contributed by atoms with E-state index in [0.717, 1.165) is 22.5 Å². The highest BCUT2D eigenvalue weighted by molar-refractivity contribution is 7.98. The van der Waals surface area contributed by atoms with Gasteiger partial charge in [-0.15, -0.1) is 5.10 Å². The molecule has 31 heavy (non-hydrogen) atoms. The van der Waals surface area contributed by atoms with E-state index in [9.17, 15) is 4.79 Å². The van der Waals surface area contributed by atoms with Gasteiger partial charge < -0.3 is 4.98 Å². The molecule has 0 aliphatic rings. The van der Waals surface area contributed by atoms with Crippen LogP contribution in [0.3, 0.4) is 0 Å². The number of aryl methyl sites for hydroxylation is 2. The monoisotopic (exact) mass is 430 g/mol. The molecular formula is C21H18N8OS. The Hall–Kier alpha value is -3.79. The van der Waals surface area contributed by atoms with Gasteiger partial charge in [0.1, 0.15) is 5.39 Å². The molecule has 9 nitrogen and oxygen atoms in total. The lowest BCUT2D eigenvalue weighted by Gasteiger charge is -2.10. The van der Waals surface area contributed by atoms with Gasteiger partial charge in [-0.1, -0.05) is 48.2 Å². The van der Waals surface area contributed by atoms with E-state index in [-0.39, 0.29) is 5.56 Å². The van der Waals surface area contributed by atoms with Crippen LogP contribution in [0.1, 0.15) is 17.0 Å². The van der Waals surface area contributed by atoms with Crippen molar-refractivity contribution < 1.29 is 0 Å². The summed E-state index contributed by atoms with van der Waals surface area (Å²) in [6.45, 7) is 4.05. The van der Waals surface area contributed by atoms with Crippen molar-refractivity contribution >= 4 is 22.8 Å². The summed E-state index contributed by atoms with van der Waals surface area (Å²) in [6.07, 6.45) is 1.53. The number of rotatable bonds is 5. The third-order valence-electron chi connectivity index (χ3n) is 4.94. The molecule has 0 aliphatic heterocycles. The molecule has 2 aromatic carbocycles. The van der Waals surface area contributed by atoms with Crippen molar-refractivity contribution in [3.63, 3.8) is 0 Å². The minimum Gasteiger partial charge on any atom is -0.301 e. The molecule has 0 spiro atoms. The van der Waals surface area contributed by atoms with E-state index >= 15 is 0 Å². The Morgan fingerprint density at radius 2 is 1.77 bits per heavy atom. The molecule has 0 unspecified atom stereocenters. The fourth-order valence-electron chi connectivity index (χ4n) is 3.47. The molecule has 0 atom stereocenters. The maximum atomic E-state index is 12.6. The molecule has 0 radical (unpaired) electrons. The van der Waals surface area contributed by atoms with Crippen molar-refractivity contribution in [2.45, 2.75) is 24.8 Å². The van der Waals surface area contributed by atoms with Crippen LogP contribution in [0.15, 0.2) is 64.7 Å². The molecule has 5 rings (SSSR count). The minimum atomic E-state index is -0.232. The number of H-pyrrole nitrogens is 1. The van der Waals surface area contributed by atoms with Crippen LogP contribution in [-0.4, -0.2) is 40.0 Å². The Morgan fingerprint density at radius 1 is 1.00 bits per heavy atom. The quantitative estimate of drug-likeness (QED) is 0.337. The number of aromatic amines is 1. The lowest BCUT2D eigenvalue weighted by atomic mass is 10.1. The summed E-state index contributed by atoms with van der Waals surface area (Å²) >= 11 is 1.36. The van der Waals surface area contributed by atoms with Crippen molar-refractivity contribution in [2.75, 3.05) is 0 Å². The predicted octanol–water partition coefficient (Wildman–Crippen LogP) is 2.99. The molecule has 1 N–H and O–H groups in total. The van der Waals surface area contributed by atoms with Crippen LogP contribution in [0.25, 0.3) is 22.4 Å². The smallest absolute Gasteiger partial charge is 0.262 e. The first-order valence-corrected chi connectivity index (χ1v) is 10.6. The zero-order chi connectivity index (χ0) is 21.4. The number of nitrogens with one attached hydrogen (secondary N) is 1. The summed E-state index contributed by atoms with van der Waals surface area (Å²) in [5.41, 5.74) is 4.24. The summed E-state index contributed by atoms with van der Waals surface area (Å²) in [6, 6.07) is 15.7. The second-order valence-corrected chi connectivity index (χ2v) is 8.00. The Bertz CT molecular complexity index is 1420. The molecule has 0 fully saturated rings. The van der Waals surface area contributed by atoms with Gasteiger partial charge in [-0.25, -0.2) is 9.67 Å². The SMILES string of the molecule is Cc1cccc(C)c1-n1nnnc1CSc1nc2c(cnn2-c2ccccc2)c(=O)[nH]1. The van der Waals surface area contributed by atoms with E-state index in [1.165, 1.54) is 18.0 Å². The van der Waals surface area contributed by atoms with Gasteiger partial charge in [0.15, 0.2) is 16.6 Å². The average Bonchev–Trinajstić information content (AvgIpc) is 3.40. The fraction of sp³-hybridized carbons (Fsp3) is 0.143. The Labute approximate surface area is 181 Å². The van der Waals surface area contributed by atoms with Gasteiger partial charge >= 0.3 is 0 Å². The molecule has 0 bridgehead atoms. The van der Waals surface area contributed by atoms with Crippen molar-refractivity contribution in [1.82, 2.24) is 40.0 Å². The van der Waals surface area contributed by atoms with Crippen LogP contribution >= 0.6 is 11.8 Å². The number of aromatic nitrogens is 8. The topological polar surface area (TPSA) is 107 Å². The molecule has 0 amide bonds. The molecule has 0 aliphatic carbocycles. The van der Waals surface area contributed by atoms with Crippen LogP contribution in [-0.2, 0) is 5.75 Å². The van der Waals surface area contributed by atoms with E-state index < -0.39 is 0 Å². The highest BCUT2D eigenvalue weighted by Crippen LogP contribution is 2.23. The first-order chi connectivity index (χ1) is 15.1. The summed E-state index contributed by atoms with van der Waals surface area (Å²) in [5, 5.41) is 17.4. The Balaban J connectivity index is 1.48. The normalized spacial score (nSPS) is 11.3. The number of para-hydroxylation sites is 2. The van der Waals surface area contributed by atoms with Gasteiger partial charge in [0.2, 0.25) is 0 Å². The van der Waals surface area contributed by atoms with Gasteiger partial charge in [-0.05, 0) is 47.5 Å². The largest absolute Gasteiger partial charge is 0.301 e. The zero-order valence-electron chi connectivity index (χ0n) is 16.9. The molecule has 5 aromatic rings. The number of benzene rings is 2. The number of fused-ring (bicyclic) bond motifs is 1. The lowest BCUT2D eigenvalue weighted by Crippen LogP contribution is -2.10. The molecular weight excluding hydrogens is 412 g/mol. The number of nitrogens with zero attached hydrogens (tertiary/aromatic N) is 7.